The fourth-order valence-corrected chi connectivity index (χ4v) is 3.78. The summed E-state index contributed by atoms with van der Waals surface area (Å²) in [5.74, 6) is 1.59. The molecule has 0 N–H and O–H groups in total. The molecule has 2 rings (SSSR count). The number of piperidine rings is 1. The summed E-state index contributed by atoms with van der Waals surface area (Å²) in [4.78, 5) is 2.51. The lowest BCUT2D eigenvalue weighted by Crippen LogP contribution is -2.38. The quantitative estimate of drug-likeness (QED) is 0.683. The SMILES string of the molecule is CC1CC(C)CN(c2ccc(CBr)cc2Br)C1. The summed E-state index contributed by atoms with van der Waals surface area (Å²) in [7, 11) is 0. The van der Waals surface area contributed by atoms with Gasteiger partial charge in [-0.15, -0.1) is 0 Å². The highest BCUT2D eigenvalue weighted by atomic mass is 79.9. The van der Waals surface area contributed by atoms with Gasteiger partial charge in [0.2, 0.25) is 0 Å². The highest BCUT2D eigenvalue weighted by Crippen LogP contribution is 2.32. The minimum absolute atomic E-state index is 0.793. The Kier molecular flexibility index (Phi) is 4.53. The largest absolute Gasteiger partial charge is 0.370 e. The fourth-order valence-electron chi connectivity index (χ4n) is 2.75. The van der Waals surface area contributed by atoms with E-state index in [1.165, 1.54) is 35.2 Å². The second-order valence-electron chi connectivity index (χ2n) is 5.27. The van der Waals surface area contributed by atoms with Crippen molar-refractivity contribution in [3.8, 4) is 0 Å². The van der Waals surface area contributed by atoms with Crippen LogP contribution in [0, 0.1) is 11.8 Å². The Morgan fingerprint density at radius 2 is 1.88 bits per heavy atom. The van der Waals surface area contributed by atoms with E-state index in [1.807, 2.05) is 0 Å². The fraction of sp³-hybridized carbons (Fsp3) is 0.571. The van der Waals surface area contributed by atoms with Crippen LogP contribution in [0.5, 0.6) is 0 Å². The Bertz CT molecular complexity index is 382. The molecular weight excluding hydrogens is 342 g/mol. The molecule has 0 aliphatic carbocycles. The number of halogens is 2. The Balaban J connectivity index is 2.21. The van der Waals surface area contributed by atoms with Crippen LogP contribution < -0.4 is 4.90 Å². The van der Waals surface area contributed by atoms with E-state index in [2.05, 4.69) is 68.8 Å². The molecule has 0 bridgehead atoms. The second-order valence-corrected chi connectivity index (χ2v) is 6.69. The molecule has 1 heterocycles. The molecule has 0 amide bonds. The van der Waals surface area contributed by atoms with Crippen molar-refractivity contribution < 1.29 is 0 Å². The van der Waals surface area contributed by atoms with Crippen molar-refractivity contribution in [3.05, 3.63) is 28.2 Å². The van der Waals surface area contributed by atoms with Crippen molar-refractivity contribution in [1.29, 1.82) is 0 Å². The number of alkyl halides is 1. The summed E-state index contributed by atoms with van der Waals surface area (Å²) in [5.41, 5.74) is 2.66. The van der Waals surface area contributed by atoms with Crippen LogP contribution in [-0.4, -0.2) is 13.1 Å². The third-order valence-electron chi connectivity index (χ3n) is 3.38. The van der Waals surface area contributed by atoms with Gasteiger partial charge in [-0.3, -0.25) is 0 Å². The van der Waals surface area contributed by atoms with Crippen molar-refractivity contribution in [2.24, 2.45) is 11.8 Å². The van der Waals surface area contributed by atoms with Gasteiger partial charge in [-0.25, -0.2) is 0 Å². The molecular formula is C14H19Br2N. The Morgan fingerprint density at radius 1 is 1.24 bits per heavy atom. The molecule has 1 aromatic carbocycles. The Labute approximate surface area is 121 Å². The average molecular weight is 361 g/mol. The monoisotopic (exact) mass is 359 g/mol. The summed E-state index contributed by atoms with van der Waals surface area (Å²) < 4.78 is 1.22. The topological polar surface area (TPSA) is 3.24 Å². The lowest BCUT2D eigenvalue weighted by Gasteiger charge is -2.37. The van der Waals surface area contributed by atoms with Crippen molar-refractivity contribution in [1.82, 2.24) is 0 Å². The Morgan fingerprint density at radius 3 is 2.41 bits per heavy atom. The van der Waals surface area contributed by atoms with Crippen molar-refractivity contribution in [3.63, 3.8) is 0 Å². The molecule has 2 atom stereocenters. The zero-order chi connectivity index (χ0) is 12.4. The van der Waals surface area contributed by atoms with Crippen LogP contribution in [0.15, 0.2) is 22.7 Å². The highest BCUT2D eigenvalue weighted by molar-refractivity contribution is 9.10. The van der Waals surface area contributed by atoms with E-state index in [0.717, 1.165) is 17.2 Å². The molecule has 1 aliphatic heterocycles. The maximum absolute atomic E-state index is 3.70. The standard InChI is InChI=1S/C14H19Br2N/c1-10-5-11(2)9-17(8-10)14-4-3-12(7-15)6-13(14)16/h3-4,6,10-11H,5,7-9H2,1-2H3. The van der Waals surface area contributed by atoms with E-state index < -0.39 is 0 Å². The number of hydrogen-bond donors (Lipinski definition) is 0. The van der Waals surface area contributed by atoms with E-state index in [0.29, 0.717) is 0 Å². The highest BCUT2D eigenvalue weighted by Gasteiger charge is 2.23. The molecule has 1 fully saturated rings. The summed E-state index contributed by atoms with van der Waals surface area (Å²) in [5, 5.41) is 0.915. The van der Waals surface area contributed by atoms with Gasteiger partial charge < -0.3 is 4.90 Å². The van der Waals surface area contributed by atoms with Gasteiger partial charge in [0.25, 0.3) is 0 Å². The molecule has 0 saturated carbocycles. The molecule has 0 spiro atoms. The molecule has 1 nitrogen and oxygen atoms in total. The first-order chi connectivity index (χ1) is 8.10. The van der Waals surface area contributed by atoms with E-state index in [1.54, 1.807) is 0 Å². The van der Waals surface area contributed by atoms with Gasteiger partial charge in [-0.05, 0) is 51.9 Å². The van der Waals surface area contributed by atoms with Crippen LogP contribution in [0.3, 0.4) is 0 Å². The van der Waals surface area contributed by atoms with Gasteiger partial charge >= 0.3 is 0 Å². The molecule has 0 radical (unpaired) electrons. The minimum Gasteiger partial charge on any atom is -0.370 e. The first-order valence-corrected chi connectivity index (χ1v) is 8.11. The van der Waals surface area contributed by atoms with Gasteiger partial charge in [-0.1, -0.05) is 35.8 Å². The molecule has 0 aromatic heterocycles. The van der Waals surface area contributed by atoms with Crippen molar-refractivity contribution >= 4 is 37.5 Å². The van der Waals surface area contributed by atoms with Crippen LogP contribution in [0.2, 0.25) is 0 Å². The predicted octanol–water partition coefficient (Wildman–Crippen LogP) is 4.83. The van der Waals surface area contributed by atoms with Gasteiger partial charge in [0.1, 0.15) is 0 Å². The van der Waals surface area contributed by atoms with Gasteiger partial charge in [0.15, 0.2) is 0 Å². The van der Waals surface area contributed by atoms with Gasteiger partial charge in [-0.2, -0.15) is 0 Å². The third kappa shape index (κ3) is 3.25. The number of nitrogens with zero attached hydrogens (tertiary/aromatic N) is 1. The molecule has 1 aliphatic rings. The van der Waals surface area contributed by atoms with E-state index in [-0.39, 0.29) is 0 Å². The number of benzene rings is 1. The maximum atomic E-state index is 3.70. The zero-order valence-electron chi connectivity index (χ0n) is 10.4. The lowest BCUT2D eigenvalue weighted by molar-refractivity contribution is 0.356. The smallest absolute Gasteiger partial charge is 0.0511 e. The number of hydrogen-bond acceptors (Lipinski definition) is 1. The van der Waals surface area contributed by atoms with Gasteiger partial charge in [0.05, 0.1) is 5.69 Å². The molecule has 94 valence electrons. The summed E-state index contributed by atoms with van der Waals surface area (Å²) in [6, 6.07) is 6.66. The number of rotatable bonds is 2. The maximum Gasteiger partial charge on any atom is 0.0511 e. The molecule has 17 heavy (non-hydrogen) atoms. The number of anilines is 1. The van der Waals surface area contributed by atoms with Crippen LogP contribution in [0.1, 0.15) is 25.8 Å². The van der Waals surface area contributed by atoms with Crippen LogP contribution >= 0.6 is 31.9 Å². The van der Waals surface area contributed by atoms with E-state index in [9.17, 15) is 0 Å². The summed E-state index contributed by atoms with van der Waals surface area (Å²) in [6.07, 6.45) is 1.35. The normalized spacial score (nSPS) is 25.1. The van der Waals surface area contributed by atoms with Crippen LogP contribution in [-0.2, 0) is 5.33 Å². The molecule has 1 saturated heterocycles. The predicted molar refractivity (Wildman–Crippen MR) is 81.9 cm³/mol. The average Bonchev–Trinajstić information content (AvgIpc) is 2.27. The molecule has 1 aromatic rings. The summed E-state index contributed by atoms with van der Waals surface area (Å²) >= 11 is 7.20. The lowest BCUT2D eigenvalue weighted by atomic mass is 9.91. The summed E-state index contributed by atoms with van der Waals surface area (Å²) in [6.45, 7) is 7.06. The van der Waals surface area contributed by atoms with Crippen molar-refractivity contribution in [2.75, 3.05) is 18.0 Å². The minimum atomic E-state index is 0.793. The Hall–Kier alpha value is -0.0200. The second kappa shape index (κ2) is 5.75. The third-order valence-corrected chi connectivity index (χ3v) is 4.66. The van der Waals surface area contributed by atoms with Crippen LogP contribution in [0.4, 0.5) is 5.69 Å². The zero-order valence-corrected chi connectivity index (χ0v) is 13.6. The molecule has 3 heteroatoms. The molecule has 2 unspecified atom stereocenters. The van der Waals surface area contributed by atoms with Crippen molar-refractivity contribution in [2.45, 2.75) is 25.6 Å². The van der Waals surface area contributed by atoms with E-state index >= 15 is 0 Å². The van der Waals surface area contributed by atoms with Crippen LogP contribution in [0.25, 0.3) is 0 Å². The first kappa shape index (κ1) is 13.4. The first-order valence-electron chi connectivity index (χ1n) is 6.19. The van der Waals surface area contributed by atoms with E-state index in [4.69, 9.17) is 0 Å². The van der Waals surface area contributed by atoms with Gasteiger partial charge in [0, 0.05) is 22.9 Å².